The van der Waals surface area contributed by atoms with E-state index in [4.69, 9.17) is 4.74 Å². The molecule has 10 nitrogen and oxygen atoms in total. The first-order valence-electron chi connectivity index (χ1n) is 9.61. The van der Waals surface area contributed by atoms with Crippen molar-refractivity contribution in [1.82, 2.24) is 29.7 Å². The van der Waals surface area contributed by atoms with Crippen LogP contribution in [0.4, 0.5) is 5.95 Å². The second-order valence-electron chi connectivity index (χ2n) is 7.21. The molecule has 11 heteroatoms. The summed E-state index contributed by atoms with van der Waals surface area (Å²) in [4.78, 5) is 6.62. The zero-order valence-corrected chi connectivity index (χ0v) is 17.2. The highest BCUT2D eigenvalue weighted by Crippen LogP contribution is 2.33. The first-order chi connectivity index (χ1) is 14.0. The molecule has 4 rings (SSSR count). The number of pyridine rings is 1. The first kappa shape index (κ1) is 19.8. The molecule has 3 aromatic rings. The van der Waals surface area contributed by atoms with Gasteiger partial charge in [-0.25, -0.2) is 4.52 Å². The summed E-state index contributed by atoms with van der Waals surface area (Å²) in [6.07, 6.45) is 6.24. The number of rotatable bonds is 7. The van der Waals surface area contributed by atoms with Gasteiger partial charge in [-0.2, -0.15) is 10.1 Å². The predicted octanol–water partition coefficient (Wildman–Crippen LogP) is 1.48. The van der Waals surface area contributed by atoms with Crippen molar-refractivity contribution in [2.75, 3.05) is 30.9 Å². The van der Waals surface area contributed by atoms with E-state index in [9.17, 15) is 8.76 Å². The summed E-state index contributed by atoms with van der Waals surface area (Å²) in [5.74, 6) is 1.55. The van der Waals surface area contributed by atoms with Gasteiger partial charge in [0, 0.05) is 42.7 Å². The maximum atomic E-state index is 10.9. The largest absolute Gasteiger partial charge is 0.771 e. The average Bonchev–Trinajstić information content (AvgIpc) is 3.33. The van der Waals surface area contributed by atoms with E-state index in [2.05, 4.69) is 32.5 Å². The van der Waals surface area contributed by atoms with Crippen LogP contribution in [0, 0.1) is 5.92 Å². The molecule has 2 N–H and O–H groups in total. The van der Waals surface area contributed by atoms with Gasteiger partial charge in [0.2, 0.25) is 5.95 Å². The summed E-state index contributed by atoms with van der Waals surface area (Å²) in [5, 5.41) is 14.8. The number of hydrogen-bond donors (Lipinski definition) is 2. The van der Waals surface area contributed by atoms with E-state index < -0.39 is 11.1 Å². The molecule has 3 atom stereocenters. The SMILES string of the molecule is CCOc1c(-c2cn[nH]c2)ccn2nc(N[C@H]3CCN(CS(=O)[O-])C[C@H]3C)nc12. The number of hydrogen-bond acceptors (Lipinski definition) is 8. The van der Waals surface area contributed by atoms with Crippen molar-refractivity contribution in [3.05, 3.63) is 24.7 Å². The standard InChI is InChI=1S/C18H25N7O3S/c1-3-28-16-14(13-8-19-20-9-13)4-7-25-17(16)22-18(23-25)21-15-5-6-24(10-12(15)2)11-29(26)27/h4,7-9,12,15H,3,5-6,10-11H2,1-2H3,(H,19,20)(H,21,23)(H,26,27)/p-1/t12-,15+/m1/s1. The van der Waals surface area contributed by atoms with Crippen LogP contribution in [0.1, 0.15) is 20.3 Å². The Kier molecular flexibility index (Phi) is 5.79. The quantitative estimate of drug-likeness (QED) is 0.553. The summed E-state index contributed by atoms with van der Waals surface area (Å²) < 4.78 is 29.5. The second-order valence-corrected chi connectivity index (χ2v) is 8.07. The van der Waals surface area contributed by atoms with Crippen molar-refractivity contribution in [2.45, 2.75) is 26.3 Å². The van der Waals surface area contributed by atoms with Crippen LogP contribution < -0.4 is 10.1 Å². The van der Waals surface area contributed by atoms with Crippen molar-refractivity contribution in [2.24, 2.45) is 5.92 Å². The number of piperidine rings is 1. The van der Waals surface area contributed by atoms with Gasteiger partial charge >= 0.3 is 0 Å². The maximum absolute atomic E-state index is 10.9. The van der Waals surface area contributed by atoms with Crippen LogP contribution in [0.2, 0.25) is 0 Å². The third-order valence-electron chi connectivity index (χ3n) is 5.15. The minimum absolute atomic E-state index is 0.0815. The van der Waals surface area contributed by atoms with E-state index in [1.165, 1.54) is 0 Å². The molecule has 156 valence electrons. The summed E-state index contributed by atoms with van der Waals surface area (Å²) in [6.45, 7) is 5.99. The highest BCUT2D eigenvalue weighted by Gasteiger charge is 2.27. The van der Waals surface area contributed by atoms with Crippen LogP contribution in [-0.2, 0) is 11.1 Å². The van der Waals surface area contributed by atoms with Gasteiger partial charge in [-0.1, -0.05) is 6.92 Å². The zero-order chi connectivity index (χ0) is 20.4. The van der Waals surface area contributed by atoms with Gasteiger partial charge in [0.1, 0.15) is 0 Å². The van der Waals surface area contributed by atoms with Crippen molar-refractivity contribution in [3.8, 4) is 16.9 Å². The third kappa shape index (κ3) is 4.26. The Labute approximate surface area is 170 Å². The van der Waals surface area contributed by atoms with Gasteiger partial charge in [0.25, 0.3) is 0 Å². The molecule has 0 saturated carbocycles. The van der Waals surface area contributed by atoms with Gasteiger partial charge in [-0.15, -0.1) is 5.10 Å². The number of nitrogens with one attached hydrogen (secondary N) is 2. The predicted molar refractivity (Wildman–Crippen MR) is 108 cm³/mol. The zero-order valence-electron chi connectivity index (χ0n) is 16.4. The van der Waals surface area contributed by atoms with Crippen LogP contribution in [0.3, 0.4) is 0 Å². The molecule has 3 aromatic heterocycles. The van der Waals surface area contributed by atoms with Crippen molar-refractivity contribution in [3.63, 3.8) is 0 Å². The van der Waals surface area contributed by atoms with Gasteiger partial charge < -0.3 is 14.6 Å². The molecule has 0 amide bonds. The monoisotopic (exact) mass is 418 g/mol. The second kappa shape index (κ2) is 8.47. The number of nitrogens with zero attached hydrogens (tertiary/aromatic N) is 5. The van der Waals surface area contributed by atoms with Crippen molar-refractivity contribution < 1.29 is 13.5 Å². The number of anilines is 1. The fourth-order valence-electron chi connectivity index (χ4n) is 3.78. The van der Waals surface area contributed by atoms with Crippen LogP contribution >= 0.6 is 0 Å². The maximum Gasteiger partial charge on any atom is 0.243 e. The van der Waals surface area contributed by atoms with Gasteiger partial charge in [-0.05, 0) is 36.4 Å². The van der Waals surface area contributed by atoms with E-state index in [1.54, 1.807) is 10.7 Å². The highest BCUT2D eigenvalue weighted by atomic mass is 32.2. The Hall–Kier alpha value is -2.50. The number of H-pyrrole nitrogens is 1. The average molecular weight is 419 g/mol. The van der Waals surface area contributed by atoms with E-state index >= 15 is 0 Å². The summed E-state index contributed by atoms with van der Waals surface area (Å²) in [7, 11) is 0. The molecule has 1 unspecified atom stereocenters. The van der Waals surface area contributed by atoms with Gasteiger partial charge in [0.15, 0.2) is 11.4 Å². The van der Waals surface area contributed by atoms with Crippen LogP contribution in [0.25, 0.3) is 16.8 Å². The number of likely N-dealkylation sites (tertiary alicyclic amines) is 1. The molecule has 1 fully saturated rings. The van der Waals surface area contributed by atoms with E-state index in [1.807, 2.05) is 30.3 Å². The number of aromatic amines is 1. The molecule has 29 heavy (non-hydrogen) atoms. The number of fused-ring (bicyclic) bond motifs is 1. The van der Waals surface area contributed by atoms with Crippen LogP contribution in [0.5, 0.6) is 5.75 Å². The van der Waals surface area contributed by atoms with E-state index in [0.717, 1.165) is 24.1 Å². The molecule has 0 spiro atoms. The molecular weight excluding hydrogens is 394 g/mol. The molecule has 1 aliphatic heterocycles. The molecule has 0 radical (unpaired) electrons. The van der Waals surface area contributed by atoms with Gasteiger partial charge in [0.05, 0.1) is 18.7 Å². The minimum Gasteiger partial charge on any atom is -0.771 e. The molecule has 1 aliphatic rings. The summed E-state index contributed by atoms with van der Waals surface area (Å²) in [6, 6.07) is 2.11. The van der Waals surface area contributed by atoms with E-state index in [-0.39, 0.29) is 17.8 Å². The fourth-order valence-corrected chi connectivity index (χ4v) is 4.31. The molecule has 0 aromatic carbocycles. The molecule has 0 aliphatic carbocycles. The normalized spacial score (nSPS) is 21.3. The Balaban J connectivity index is 1.56. The summed E-state index contributed by atoms with van der Waals surface area (Å²) >= 11 is -2.05. The van der Waals surface area contributed by atoms with Crippen molar-refractivity contribution >= 4 is 22.7 Å². The molecular formula is C18H24N7O3S-. The fraction of sp³-hybridized carbons (Fsp3) is 0.500. The third-order valence-corrected chi connectivity index (χ3v) is 5.73. The Morgan fingerprint density at radius 3 is 3.03 bits per heavy atom. The molecule has 1 saturated heterocycles. The van der Waals surface area contributed by atoms with Gasteiger partial charge in [-0.3, -0.25) is 14.2 Å². The number of ether oxygens (including phenoxy) is 1. The topological polar surface area (TPSA) is 123 Å². The lowest BCUT2D eigenvalue weighted by Gasteiger charge is -2.37. The summed E-state index contributed by atoms with van der Waals surface area (Å²) in [5.41, 5.74) is 2.46. The first-order valence-corrected chi connectivity index (χ1v) is 10.9. The molecule has 0 bridgehead atoms. The minimum atomic E-state index is -2.05. The lowest BCUT2D eigenvalue weighted by Crippen LogP contribution is -2.46. The lowest BCUT2D eigenvalue weighted by atomic mass is 9.94. The van der Waals surface area contributed by atoms with Crippen molar-refractivity contribution in [1.29, 1.82) is 0 Å². The highest BCUT2D eigenvalue weighted by molar-refractivity contribution is 7.79. The Morgan fingerprint density at radius 2 is 2.34 bits per heavy atom. The smallest absolute Gasteiger partial charge is 0.243 e. The lowest BCUT2D eigenvalue weighted by molar-refractivity contribution is 0.194. The van der Waals surface area contributed by atoms with Crippen LogP contribution in [-0.4, -0.2) is 70.1 Å². The van der Waals surface area contributed by atoms with Crippen LogP contribution in [0.15, 0.2) is 24.7 Å². The van der Waals surface area contributed by atoms with E-state index in [0.29, 0.717) is 30.5 Å². The molecule has 4 heterocycles. The number of aromatic nitrogens is 5. The Morgan fingerprint density at radius 1 is 1.48 bits per heavy atom. The Bertz CT molecular complexity index is 991.